The van der Waals surface area contributed by atoms with Gasteiger partial charge in [0, 0.05) is 30.9 Å². The number of rotatable bonds is 5. The lowest BCUT2D eigenvalue weighted by molar-refractivity contribution is -0.385. The highest BCUT2D eigenvalue weighted by atomic mass is 32.2. The lowest BCUT2D eigenvalue weighted by Gasteiger charge is -2.32. The number of hydrogen-bond donors (Lipinski definition) is 0. The van der Waals surface area contributed by atoms with E-state index in [0.717, 1.165) is 6.07 Å². The quantitative estimate of drug-likeness (QED) is 0.576. The molecule has 9 nitrogen and oxygen atoms in total. The maximum atomic E-state index is 13.0. The van der Waals surface area contributed by atoms with Crippen molar-refractivity contribution >= 4 is 15.7 Å². The first-order chi connectivity index (χ1) is 12.4. The van der Waals surface area contributed by atoms with Crippen molar-refractivity contribution in [2.75, 3.05) is 13.1 Å². The van der Waals surface area contributed by atoms with Gasteiger partial charge in [-0.1, -0.05) is 6.07 Å². The van der Waals surface area contributed by atoms with Crippen LogP contribution < -0.4 is 4.74 Å². The molecule has 138 valence electrons. The molecule has 2 aromatic rings. The van der Waals surface area contributed by atoms with E-state index in [4.69, 9.17) is 4.74 Å². The second kappa shape index (κ2) is 7.34. The number of nitro benzene ring substituents is 1. The van der Waals surface area contributed by atoms with Crippen molar-refractivity contribution in [2.24, 2.45) is 0 Å². The van der Waals surface area contributed by atoms with Gasteiger partial charge >= 0.3 is 0 Å². The molecule has 0 spiro atoms. The molecule has 0 radical (unpaired) electrons. The Morgan fingerprint density at radius 3 is 2.85 bits per heavy atom. The van der Waals surface area contributed by atoms with Gasteiger partial charge in [0.2, 0.25) is 15.9 Å². The summed E-state index contributed by atoms with van der Waals surface area (Å²) in [6.45, 7) is 2.11. The summed E-state index contributed by atoms with van der Waals surface area (Å²) in [6.07, 6.45) is 2.48. The number of nitrogens with zero attached hydrogens (tertiary/aromatic N) is 4. The molecule has 0 saturated carbocycles. The number of piperidine rings is 1. The largest absolute Gasteiger partial charge is 0.472 e. The van der Waals surface area contributed by atoms with Crippen LogP contribution in [-0.2, 0) is 10.0 Å². The van der Waals surface area contributed by atoms with E-state index in [1.807, 2.05) is 0 Å². The van der Waals surface area contributed by atoms with Crippen molar-refractivity contribution in [3.05, 3.63) is 52.2 Å². The molecule has 0 amide bonds. The van der Waals surface area contributed by atoms with Crippen LogP contribution in [-0.4, -0.2) is 47.0 Å². The fourth-order valence-electron chi connectivity index (χ4n) is 2.86. The molecule has 3 rings (SSSR count). The second-order valence-corrected chi connectivity index (χ2v) is 7.92. The molecule has 2 heterocycles. The van der Waals surface area contributed by atoms with Gasteiger partial charge in [0.05, 0.1) is 16.4 Å². The van der Waals surface area contributed by atoms with E-state index in [2.05, 4.69) is 10.2 Å². The van der Waals surface area contributed by atoms with Crippen LogP contribution >= 0.6 is 0 Å². The van der Waals surface area contributed by atoms with Gasteiger partial charge in [-0.05, 0) is 31.4 Å². The van der Waals surface area contributed by atoms with Crippen molar-refractivity contribution in [1.82, 2.24) is 14.5 Å². The van der Waals surface area contributed by atoms with Gasteiger partial charge in [0.1, 0.15) is 6.10 Å². The first kappa shape index (κ1) is 18.2. The van der Waals surface area contributed by atoms with E-state index in [9.17, 15) is 18.5 Å². The Morgan fingerprint density at radius 2 is 2.15 bits per heavy atom. The second-order valence-electron chi connectivity index (χ2n) is 6.01. The van der Waals surface area contributed by atoms with Gasteiger partial charge < -0.3 is 4.74 Å². The SMILES string of the molecule is Cc1ccc([N+](=O)[O-])cc1S(=O)(=O)N1CCCC(Oc2cccnn2)C1. The van der Waals surface area contributed by atoms with Crippen LogP contribution in [0.25, 0.3) is 0 Å². The molecular weight excluding hydrogens is 360 g/mol. The minimum Gasteiger partial charge on any atom is -0.472 e. The Balaban J connectivity index is 1.83. The molecule has 1 fully saturated rings. The average Bonchev–Trinajstić information content (AvgIpc) is 2.63. The monoisotopic (exact) mass is 378 g/mol. The Bertz CT molecular complexity index is 904. The number of hydrogen-bond acceptors (Lipinski definition) is 7. The van der Waals surface area contributed by atoms with E-state index in [1.165, 1.54) is 22.6 Å². The van der Waals surface area contributed by atoms with Crippen molar-refractivity contribution in [1.29, 1.82) is 0 Å². The number of ether oxygens (including phenoxy) is 1. The summed E-state index contributed by atoms with van der Waals surface area (Å²) in [4.78, 5) is 10.3. The molecule has 1 aliphatic heterocycles. The van der Waals surface area contributed by atoms with E-state index < -0.39 is 14.9 Å². The first-order valence-electron chi connectivity index (χ1n) is 8.07. The Hall–Kier alpha value is -2.59. The molecular formula is C16H18N4O5S. The number of non-ortho nitro benzene ring substituents is 1. The normalized spacial score (nSPS) is 18.4. The molecule has 10 heteroatoms. The average molecular weight is 378 g/mol. The summed E-state index contributed by atoms with van der Waals surface area (Å²) in [5, 5.41) is 18.6. The molecule has 1 atom stereocenters. The predicted molar refractivity (Wildman–Crippen MR) is 92.3 cm³/mol. The summed E-state index contributed by atoms with van der Waals surface area (Å²) >= 11 is 0. The van der Waals surface area contributed by atoms with Gasteiger partial charge in [-0.15, -0.1) is 5.10 Å². The van der Waals surface area contributed by atoms with Crippen LogP contribution in [0.2, 0.25) is 0 Å². The zero-order valence-corrected chi connectivity index (χ0v) is 14.9. The number of nitro groups is 1. The van der Waals surface area contributed by atoms with Crippen LogP contribution in [0.1, 0.15) is 18.4 Å². The number of aromatic nitrogens is 2. The van der Waals surface area contributed by atoms with E-state index in [-0.39, 0.29) is 23.2 Å². The van der Waals surface area contributed by atoms with Crippen LogP contribution in [0.15, 0.2) is 41.4 Å². The van der Waals surface area contributed by atoms with Crippen LogP contribution in [0.3, 0.4) is 0 Å². The van der Waals surface area contributed by atoms with Crippen LogP contribution in [0.5, 0.6) is 5.88 Å². The zero-order valence-electron chi connectivity index (χ0n) is 14.1. The molecule has 1 aliphatic rings. The summed E-state index contributed by atoms with van der Waals surface area (Å²) < 4.78 is 33.0. The molecule has 0 N–H and O–H groups in total. The summed E-state index contributed by atoms with van der Waals surface area (Å²) in [5.41, 5.74) is 0.214. The van der Waals surface area contributed by atoms with Crippen LogP contribution in [0, 0.1) is 17.0 Å². The highest BCUT2D eigenvalue weighted by Gasteiger charge is 2.33. The lowest BCUT2D eigenvalue weighted by atomic mass is 10.1. The van der Waals surface area contributed by atoms with Gasteiger partial charge in [-0.3, -0.25) is 10.1 Å². The maximum absolute atomic E-state index is 13.0. The highest BCUT2D eigenvalue weighted by molar-refractivity contribution is 7.89. The standard InChI is InChI=1S/C16H18N4O5S/c1-12-6-7-13(20(21)22)10-15(12)26(23,24)19-9-3-4-14(11-19)25-16-5-2-8-17-18-16/h2,5-8,10,14H,3-4,9,11H2,1H3. The van der Waals surface area contributed by atoms with Crippen molar-refractivity contribution in [3.63, 3.8) is 0 Å². The Morgan fingerprint density at radius 1 is 1.35 bits per heavy atom. The molecule has 0 bridgehead atoms. The molecule has 1 saturated heterocycles. The van der Waals surface area contributed by atoms with E-state index in [1.54, 1.807) is 19.1 Å². The molecule has 1 aromatic carbocycles. The molecule has 1 aromatic heterocycles. The maximum Gasteiger partial charge on any atom is 0.270 e. The van der Waals surface area contributed by atoms with Crippen molar-refractivity contribution < 1.29 is 18.1 Å². The topological polar surface area (TPSA) is 116 Å². The Kier molecular flexibility index (Phi) is 5.14. The fourth-order valence-corrected chi connectivity index (χ4v) is 4.61. The molecule has 0 aliphatic carbocycles. The zero-order chi connectivity index (χ0) is 18.7. The third-order valence-electron chi connectivity index (χ3n) is 4.18. The predicted octanol–water partition coefficient (Wildman–Crippen LogP) is 1.93. The first-order valence-corrected chi connectivity index (χ1v) is 9.51. The number of sulfonamides is 1. The van der Waals surface area contributed by atoms with Gasteiger partial charge in [0.15, 0.2) is 0 Å². The smallest absolute Gasteiger partial charge is 0.270 e. The summed E-state index contributed by atoms with van der Waals surface area (Å²) in [5.74, 6) is 0.336. The summed E-state index contributed by atoms with van der Waals surface area (Å²) in [7, 11) is -3.86. The van der Waals surface area contributed by atoms with E-state index in [0.29, 0.717) is 30.8 Å². The third-order valence-corrected chi connectivity index (χ3v) is 6.18. The summed E-state index contributed by atoms with van der Waals surface area (Å²) in [6, 6.07) is 7.20. The van der Waals surface area contributed by atoms with Gasteiger partial charge in [-0.25, -0.2) is 8.42 Å². The Labute approximate surface area is 150 Å². The van der Waals surface area contributed by atoms with Crippen LogP contribution in [0.4, 0.5) is 5.69 Å². The minimum absolute atomic E-state index is 0.0492. The third kappa shape index (κ3) is 3.81. The van der Waals surface area contributed by atoms with Crippen molar-refractivity contribution in [3.8, 4) is 5.88 Å². The lowest BCUT2D eigenvalue weighted by Crippen LogP contribution is -2.44. The molecule has 1 unspecified atom stereocenters. The van der Waals surface area contributed by atoms with Gasteiger partial charge in [0.25, 0.3) is 5.69 Å². The number of aryl methyl sites for hydroxylation is 1. The number of benzene rings is 1. The van der Waals surface area contributed by atoms with Crippen molar-refractivity contribution in [2.45, 2.75) is 30.8 Å². The minimum atomic E-state index is -3.86. The van der Waals surface area contributed by atoms with Gasteiger partial charge in [-0.2, -0.15) is 9.40 Å². The van der Waals surface area contributed by atoms with E-state index >= 15 is 0 Å². The fraction of sp³-hybridized carbons (Fsp3) is 0.375. The molecule has 26 heavy (non-hydrogen) atoms. The highest BCUT2D eigenvalue weighted by Crippen LogP contribution is 2.27.